The van der Waals surface area contributed by atoms with Crippen LogP contribution in [0.2, 0.25) is 0 Å². The summed E-state index contributed by atoms with van der Waals surface area (Å²) in [6, 6.07) is 11.5. The van der Waals surface area contributed by atoms with Crippen LogP contribution in [-0.2, 0) is 4.79 Å². The summed E-state index contributed by atoms with van der Waals surface area (Å²) in [6.07, 6.45) is 11.8. The number of carbonyl (C=O) groups excluding carboxylic acids is 1. The van der Waals surface area contributed by atoms with E-state index >= 15 is 0 Å². The van der Waals surface area contributed by atoms with E-state index in [2.05, 4.69) is 12.2 Å². The molecular formula is C26H33NO4. The average Bonchev–Trinajstić information content (AvgIpc) is 2.81. The van der Waals surface area contributed by atoms with E-state index in [0.717, 1.165) is 35.3 Å². The van der Waals surface area contributed by atoms with E-state index in [1.165, 1.54) is 12.8 Å². The molecule has 2 aromatic rings. The maximum Gasteiger partial charge on any atom is 0.244 e. The summed E-state index contributed by atoms with van der Waals surface area (Å²) in [5.41, 5.74) is 2.73. The van der Waals surface area contributed by atoms with Gasteiger partial charge < -0.3 is 19.5 Å². The van der Waals surface area contributed by atoms with Crippen molar-refractivity contribution in [3.63, 3.8) is 0 Å². The van der Waals surface area contributed by atoms with Crippen molar-refractivity contribution in [2.24, 2.45) is 0 Å². The quantitative estimate of drug-likeness (QED) is 0.275. The van der Waals surface area contributed by atoms with Crippen molar-refractivity contribution in [3.8, 4) is 17.2 Å². The average molecular weight is 424 g/mol. The first-order chi connectivity index (χ1) is 15.1. The first-order valence-corrected chi connectivity index (χ1v) is 10.6. The van der Waals surface area contributed by atoms with Crippen LogP contribution in [-0.4, -0.2) is 33.8 Å². The summed E-state index contributed by atoms with van der Waals surface area (Å²) in [4.78, 5) is 12.2. The summed E-state index contributed by atoms with van der Waals surface area (Å²) in [6.45, 7) is 2.86. The number of carbonyl (C=O) groups is 1. The Bertz CT molecular complexity index is 885. The zero-order chi connectivity index (χ0) is 22.5. The van der Waals surface area contributed by atoms with Gasteiger partial charge in [0.25, 0.3) is 0 Å². The molecular weight excluding hydrogens is 390 g/mol. The predicted molar refractivity (Wildman–Crippen MR) is 128 cm³/mol. The fraction of sp³-hybridized carbons (Fsp3) is 0.346. The Kier molecular flexibility index (Phi) is 10.2. The highest BCUT2D eigenvalue weighted by Gasteiger charge is 2.09. The predicted octanol–water partition coefficient (Wildman–Crippen LogP) is 5.59. The van der Waals surface area contributed by atoms with Crippen LogP contribution in [0.5, 0.6) is 17.2 Å². The lowest BCUT2D eigenvalue weighted by Crippen LogP contribution is -2.21. The Morgan fingerprint density at radius 3 is 2.26 bits per heavy atom. The van der Waals surface area contributed by atoms with Crippen LogP contribution in [0.1, 0.15) is 49.3 Å². The topological polar surface area (TPSA) is 56.8 Å². The molecule has 0 fully saturated rings. The Labute approximate surface area is 185 Å². The standard InChI is InChI=1S/C26H33NO4/c1-5-6-7-8-17-27-26(28)16-15-24-21(18-23(30-3)19-25(24)31-4)12-9-20-10-13-22(29-2)14-11-20/h9-16,18-19H,5-8,17H2,1-4H3,(H,27,28)/b12-9+,16-15+. The van der Waals surface area contributed by atoms with E-state index in [-0.39, 0.29) is 5.91 Å². The molecule has 0 aliphatic carbocycles. The van der Waals surface area contributed by atoms with Crippen molar-refractivity contribution in [2.45, 2.75) is 32.6 Å². The molecule has 0 bridgehead atoms. The van der Waals surface area contributed by atoms with Crippen molar-refractivity contribution in [2.75, 3.05) is 27.9 Å². The smallest absolute Gasteiger partial charge is 0.244 e. The highest BCUT2D eigenvalue weighted by atomic mass is 16.5. The van der Waals surface area contributed by atoms with Crippen LogP contribution in [0, 0.1) is 0 Å². The van der Waals surface area contributed by atoms with Gasteiger partial charge in [-0.15, -0.1) is 0 Å². The van der Waals surface area contributed by atoms with E-state index in [1.807, 2.05) is 48.6 Å². The minimum Gasteiger partial charge on any atom is -0.497 e. The first-order valence-electron chi connectivity index (χ1n) is 10.6. The summed E-state index contributed by atoms with van der Waals surface area (Å²) < 4.78 is 16.2. The van der Waals surface area contributed by atoms with Crippen LogP contribution >= 0.6 is 0 Å². The number of amides is 1. The monoisotopic (exact) mass is 423 g/mol. The maximum absolute atomic E-state index is 12.2. The van der Waals surface area contributed by atoms with Gasteiger partial charge in [0, 0.05) is 24.3 Å². The molecule has 0 heterocycles. The number of nitrogens with one attached hydrogen (secondary N) is 1. The number of rotatable bonds is 12. The largest absolute Gasteiger partial charge is 0.497 e. The molecule has 2 aromatic carbocycles. The highest BCUT2D eigenvalue weighted by molar-refractivity contribution is 5.93. The van der Waals surface area contributed by atoms with Gasteiger partial charge in [-0.25, -0.2) is 0 Å². The van der Waals surface area contributed by atoms with E-state index in [0.29, 0.717) is 18.0 Å². The van der Waals surface area contributed by atoms with Gasteiger partial charge in [0.1, 0.15) is 17.2 Å². The number of unbranched alkanes of at least 4 members (excludes halogenated alkanes) is 3. The van der Waals surface area contributed by atoms with Crippen molar-refractivity contribution in [1.29, 1.82) is 0 Å². The second-order valence-electron chi connectivity index (χ2n) is 7.12. The maximum atomic E-state index is 12.2. The number of hydrogen-bond donors (Lipinski definition) is 1. The zero-order valence-electron chi connectivity index (χ0n) is 18.9. The van der Waals surface area contributed by atoms with Crippen LogP contribution in [0.4, 0.5) is 0 Å². The normalized spacial score (nSPS) is 11.1. The second kappa shape index (κ2) is 13.2. The second-order valence-corrected chi connectivity index (χ2v) is 7.12. The van der Waals surface area contributed by atoms with Gasteiger partial charge in [0.2, 0.25) is 5.91 Å². The number of methoxy groups -OCH3 is 3. The van der Waals surface area contributed by atoms with Crippen molar-refractivity contribution < 1.29 is 19.0 Å². The number of ether oxygens (including phenoxy) is 3. The van der Waals surface area contributed by atoms with Gasteiger partial charge >= 0.3 is 0 Å². The fourth-order valence-corrected chi connectivity index (χ4v) is 3.11. The molecule has 0 unspecified atom stereocenters. The van der Waals surface area contributed by atoms with E-state index < -0.39 is 0 Å². The van der Waals surface area contributed by atoms with E-state index in [4.69, 9.17) is 14.2 Å². The summed E-state index contributed by atoms with van der Waals surface area (Å²) in [7, 11) is 4.87. The number of benzene rings is 2. The third-order valence-corrected chi connectivity index (χ3v) is 4.91. The van der Waals surface area contributed by atoms with Gasteiger partial charge in [-0.2, -0.15) is 0 Å². The molecule has 0 saturated carbocycles. The van der Waals surface area contributed by atoms with Gasteiger partial charge in [-0.3, -0.25) is 4.79 Å². The van der Waals surface area contributed by atoms with E-state index in [1.54, 1.807) is 33.5 Å². The first kappa shape index (κ1) is 24.1. The summed E-state index contributed by atoms with van der Waals surface area (Å²) >= 11 is 0. The molecule has 5 nitrogen and oxygen atoms in total. The minimum absolute atomic E-state index is 0.112. The number of hydrogen-bond acceptors (Lipinski definition) is 4. The molecule has 31 heavy (non-hydrogen) atoms. The molecule has 0 aromatic heterocycles. The molecule has 5 heteroatoms. The molecule has 1 N–H and O–H groups in total. The molecule has 166 valence electrons. The lowest BCUT2D eigenvalue weighted by atomic mass is 10.0. The Morgan fingerprint density at radius 2 is 1.61 bits per heavy atom. The molecule has 0 saturated heterocycles. The molecule has 0 atom stereocenters. The van der Waals surface area contributed by atoms with Crippen LogP contribution < -0.4 is 19.5 Å². The third kappa shape index (κ3) is 7.85. The van der Waals surface area contributed by atoms with Gasteiger partial charge in [0.05, 0.1) is 21.3 Å². The molecule has 0 aliphatic rings. The molecule has 0 spiro atoms. The summed E-state index contributed by atoms with van der Waals surface area (Å²) in [5.74, 6) is 2.02. The Hall–Kier alpha value is -3.21. The minimum atomic E-state index is -0.112. The van der Waals surface area contributed by atoms with Crippen LogP contribution in [0.3, 0.4) is 0 Å². The third-order valence-electron chi connectivity index (χ3n) is 4.91. The van der Waals surface area contributed by atoms with Gasteiger partial charge in [0.15, 0.2) is 0 Å². The van der Waals surface area contributed by atoms with Crippen molar-refractivity contribution in [1.82, 2.24) is 5.32 Å². The lowest BCUT2D eigenvalue weighted by Gasteiger charge is -2.12. The van der Waals surface area contributed by atoms with Gasteiger partial charge in [-0.05, 0) is 41.8 Å². The fourth-order valence-electron chi connectivity index (χ4n) is 3.11. The van der Waals surface area contributed by atoms with Crippen molar-refractivity contribution in [3.05, 3.63) is 59.2 Å². The van der Waals surface area contributed by atoms with Gasteiger partial charge in [-0.1, -0.05) is 50.5 Å². The van der Waals surface area contributed by atoms with Crippen LogP contribution in [0.25, 0.3) is 18.2 Å². The molecule has 1 amide bonds. The molecule has 2 rings (SSSR count). The highest BCUT2D eigenvalue weighted by Crippen LogP contribution is 2.31. The van der Waals surface area contributed by atoms with Crippen LogP contribution in [0.15, 0.2) is 42.5 Å². The zero-order valence-corrected chi connectivity index (χ0v) is 18.9. The SMILES string of the molecule is CCCCCCNC(=O)/C=C/c1c(/C=C/c2ccc(OC)cc2)cc(OC)cc1OC. The molecule has 0 aliphatic heterocycles. The Balaban J connectivity index is 2.21. The lowest BCUT2D eigenvalue weighted by molar-refractivity contribution is -0.116. The van der Waals surface area contributed by atoms with E-state index in [9.17, 15) is 4.79 Å². The summed E-state index contributed by atoms with van der Waals surface area (Å²) in [5, 5.41) is 2.94. The molecule has 0 radical (unpaired) electrons. The van der Waals surface area contributed by atoms with Crippen molar-refractivity contribution >= 4 is 24.1 Å². The Morgan fingerprint density at radius 1 is 0.871 bits per heavy atom.